The zero-order valence-corrected chi connectivity index (χ0v) is 19.3. The summed E-state index contributed by atoms with van der Waals surface area (Å²) in [6, 6.07) is 16.2. The zero-order valence-electron chi connectivity index (χ0n) is 19.3. The van der Waals surface area contributed by atoms with E-state index in [2.05, 4.69) is 10.6 Å². The second-order valence-electron chi connectivity index (χ2n) is 8.79. The van der Waals surface area contributed by atoms with Crippen LogP contribution in [0.1, 0.15) is 43.9 Å². The number of hydrogen-bond donors (Lipinski definition) is 3. The molecular weight excluding hydrogens is 438 g/mol. The number of carbonyl (C=O) groups excluding carboxylic acids is 1. The molecule has 9 nitrogen and oxygen atoms in total. The van der Waals surface area contributed by atoms with Gasteiger partial charge in [-0.05, 0) is 17.0 Å². The highest BCUT2D eigenvalue weighted by atomic mass is 16.6. The van der Waals surface area contributed by atoms with Crippen LogP contribution in [0.25, 0.3) is 0 Å². The minimum Gasteiger partial charge on any atom is -0.481 e. The topological polar surface area (TPSA) is 131 Å². The van der Waals surface area contributed by atoms with Crippen molar-refractivity contribution in [3.05, 3.63) is 81.9 Å². The van der Waals surface area contributed by atoms with Gasteiger partial charge in [-0.2, -0.15) is 0 Å². The quantitative estimate of drug-likeness (QED) is 0.247. The van der Waals surface area contributed by atoms with Gasteiger partial charge in [0.25, 0.3) is 0 Å². The number of carboxylic acid groups (broad SMARTS) is 1. The molecule has 0 aliphatic carbocycles. The van der Waals surface area contributed by atoms with E-state index < -0.39 is 42.2 Å². The Bertz CT molecular complexity index is 973. The number of benzene rings is 2. The van der Waals surface area contributed by atoms with Crippen molar-refractivity contribution in [2.45, 2.75) is 57.1 Å². The van der Waals surface area contributed by atoms with Gasteiger partial charge in [-0.3, -0.25) is 25.0 Å². The first-order chi connectivity index (χ1) is 16.3. The second kappa shape index (κ2) is 11.2. The number of carbonyl (C=O) groups is 2. The SMILES string of the molecule is CCC(C)[C@H](OCc1ccccc1)[C@@H]1[C@H]([N+](=O)[O-])[C@H](c2ccccc2)N[C@@]1(CC(=O)O)NC=O. The predicted molar refractivity (Wildman–Crippen MR) is 125 cm³/mol. The highest BCUT2D eigenvalue weighted by Crippen LogP contribution is 2.45. The molecule has 3 N–H and O–H groups in total. The predicted octanol–water partition coefficient (Wildman–Crippen LogP) is 3.14. The highest BCUT2D eigenvalue weighted by molar-refractivity contribution is 5.69. The summed E-state index contributed by atoms with van der Waals surface area (Å²) >= 11 is 0. The van der Waals surface area contributed by atoms with E-state index >= 15 is 0 Å². The van der Waals surface area contributed by atoms with Crippen molar-refractivity contribution in [1.82, 2.24) is 10.6 Å². The monoisotopic (exact) mass is 469 g/mol. The molecule has 1 aliphatic rings. The summed E-state index contributed by atoms with van der Waals surface area (Å²) in [6.07, 6.45) is -0.182. The van der Waals surface area contributed by atoms with Crippen LogP contribution in [-0.4, -0.2) is 40.2 Å². The Morgan fingerprint density at radius 2 is 1.85 bits per heavy atom. The lowest BCUT2D eigenvalue weighted by Gasteiger charge is -2.39. The molecule has 1 fully saturated rings. The van der Waals surface area contributed by atoms with E-state index in [9.17, 15) is 24.8 Å². The van der Waals surface area contributed by atoms with E-state index in [0.29, 0.717) is 18.4 Å². The van der Waals surface area contributed by atoms with Gasteiger partial charge in [-0.25, -0.2) is 0 Å². The Morgan fingerprint density at radius 1 is 1.24 bits per heavy atom. The van der Waals surface area contributed by atoms with Crippen LogP contribution >= 0.6 is 0 Å². The van der Waals surface area contributed by atoms with Gasteiger partial charge < -0.3 is 15.2 Å². The van der Waals surface area contributed by atoms with E-state index in [1.54, 1.807) is 30.3 Å². The molecule has 2 aromatic rings. The molecule has 9 heteroatoms. The van der Waals surface area contributed by atoms with Crippen LogP contribution < -0.4 is 10.6 Å². The van der Waals surface area contributed by atoms with E-state index in [-0.39, 0.29) is 17.4 Å². The third-order valence-corrected chi connectivity index (χ3v) is 6.68. The maximum Gasteiger partial charge on any atom is 0.307 e. The summed E-state index contributed by atoms with van der Waals surface area (Å²) in [7, 11) is 0. The van der Waals surface area contributed by atoms with Gasteiger partial charge in [0, 0.05) is 4.92 Å². The number of ether oxygens (including phenoxy) is 1. The van der Waals surface area contributed by atoms with Gasteiger partial charge in [0.15, 0.2) is 0 Å². The summed E-state index contributed by atoms with van der Waals surface area (Å²) < 4.78 is 6.32. The van der Waals surface area contributed by atoms with Gasteiger partial charge in [-0.15, -0.1) is 0 Å². The molecule has 1 aliphatic heterocycles. The molecule has 0 spiro atoms. The third-order valence-electron chi connectivity index (χ3n) is 6.68. The van der Waals surface area contributed by atoms with Gasteiger partial charge >= 0.3 is 5.97 Å². The molecule has 34 heavy (non-hydrogen) atoms. The summed E-state index contributed by atoms with van der Waals surface area (Å²) in [5.41, 5.74) is -0.0392. The zero-order chi connectivity index (χ0) is 24.7. The maximum absolute atomic E-state index is 12.5. The fourth-order valence-electron chi connectivity index (χ4n) is 4.95. The van der Waals surface area contributed by atoms with Crippen LogP contribution in [0.4, 0.5) is 0 Å². The minimum atomic E-state index is -1.57. The van der Waals surface area contributed by atoms with Crippen LogP contribution in [0.3, 0.4) is 0 Å². The lowest BCUT2D eigenvalue weighted by molar-refractivity contribution is -0.536. The molecule has 3 rings (SSSR count). The molecule has 0 aromatic heterocycles. The second-order valence-corrected chi connectivity index (χ2v) is 8.79. The van der Waals surface area contributed by atoms with E-state index in [0.717, 1.165) is 5.56 Å². The van der Waals surface area contributed by atoms with E-state index in [1.807, 2.05) is 44.2 Å². The van der Waals surface area contributed by atoms with Crippen molar-refractivity contribution in [2.75, 3.05) is 0 Å². The maximum atomic E-state index is 12.5. The number of carboxylic acids is 1. The van der Waals surface area contributed by atoms with Crippen molar-refractivity contribution < 1.29 is 24.4 Å². The average Bonchev–Trinajstić information content (AvgIpc) is 3.14. The Hall–Kier alpha value is -3.30. The largest absolute Gasteiger partial charge is 0.481 e. The fourth-order valence-corrected chi connectivity index (χ4v) is 4.95. The van der Waals surface area contributed by atoms with E-state index in [4.69, 9.17) is 4.74 Å². The molecule has 1 amide bonds. The first-order valence-electron chi connectivity index (χ1n) is 11.4. The van der Waals surface area contributed by atoms with Crippen LogP contribution in [0, 0.1) is 22.0 Å². The van der Waals surface area contributed by atoms with Crippen LogP contribution in [-0.2, 0) is 20.9 Å². The summed E-state index contributed by atoms with van der Waals surface area (Å²) in [5.74, 6) is -2.28. The number of rotatable bonds is 12. The number of aliphatic carboxylic acids is 1. The summed E-state index contributed by atoms with van der Waals surface area (Å²) in [4.78, 5) is 35.8. The molecule has 1 heterocycles. The Morgan fingerprint density at radius 3 is 2.38 bits per heavy atom. The number of nitro groups is 1. The molecular formula is C25H31N3O6. The van der Waals surface area contributed by atoms with Gasteiger partial charge in [0.1, 0.15) is 11.7 Å². The first kappa shape index (κ1) is 25.3. The van der Waals surface area contributed by atoms with Gasteiger partial charge in [0.05, 0.1) is 25.0 Å². The van der Waals surface area contributed by atoms with Gasteiger partial charge in [-0.1, -0.05) is 80.9 Å². The fraction of sp³-hybridized carbons (Fsp3) is 0.440. The van der Waals surface area contributed by atoms with Gasteiger partial charge in [0.2, 0.25) is 12.5 Å². The number of nitrogens with zero attached hydrogens (tertiary/aromatic N) is 1. The third kappa shape index (κ3) is 5.43. The summed E-state index contributed by atoms with van der Waals surface area (Å²) in [5, 5.41) is 28.0. The minimum absolute atomic E-state index is 0.144. The summed E-state index contributed by atoms with van der Waals surface area (Å²) in [6.45, 7) is 4.08. The van der Waals surface area contributed by atoms with E-state index in [1.165, 1.54) is 0 Å². The Labute approximate surface area is 198 Å². The highest BCUT2D eigenvalue weighted by Gasteiger charge is 2.63. The molecule has 0 radical (unpaired) electrons. The lowest BCUT2D eigenvalue weighted by atomic mass is 9.76. The van der Waals surface area contributed by atoms with Crippen LogP contribution in [0.5, 0.6) is 0 Å². The van der Waals surface area contributed by atoms with Crippen LogP contribution in [0.2, 0.25) is 0 Å². The smallest absolute Gasteiger partial charge is 0.307 e. The van der Waals surface area contributed by atoms with Crippen molar-refractivity contribution in [3.8, 4) is 0 Å². The number of hydrogen-bond acceptors (Lipinski definition) is 6. The normalized spacial score (nSPS) is 25.9. The molecule has 2 aromatic carbocycles. The van der Waals surface area contributed by atoms with Crippen LogP contribution in [0.15, 0.2) is 60.7 Å². The molecule has 0 bridgehead atoms. The first-order valence-corrected chi connectivity index (χ1v) is 11.4. The average molecular weight is 470 g/mol. The lowest BCUT2D eigenvalue weighted by Crippen LogP contribution is -2.62. The molecule has 6 atom stereocenters. The van der Waals surface area contributed by atoms with Crippen molar-refractivity contribution >= 4 is 12.4 Å². The number of amides is 1. The molecule has 1 saturated heterocycles. The molecule has 1 unspecified atom stereocenters. The Balaban J connectivity index is 2.12. The molecule has 0 saturated carbocycles. The number of nitrogens with one attached hydrogen (secondary N) is 2. The van der Waals surface area contributed by atoms with Crippen molar-refractivity contribution in [3.63, 3.8) is 0 Å². The standard InChI is InChI=1S/C25H31N3O6/c1-3-17(2)24(34-15-18-10-6-4-7-11-18)21-23(28(32)33)22(19-12-8-5-9-13-19)27-25(21,26-16-29)14-20(30)31/h4-13,16-17,21-24,27H,3,14-15H2,1-2H3,(H,26,29)(H,30,31)/t17?,21-,22-,23-,24-,25+/m0/s1. The van der Waals surface area contributed by atoms with Crippen molar-refractivity contribution in [2.24, 2.45) is 11.8 Å². The molecule has 182 valence electrons. The van der Waals surface area contributed by atoms with Crippen molar-refractivity contribution in [1.29, 1.82) is 0 Å². The Kier molecular flexibility index (Phi) is 8.36.